The predicted octanol–water partition coefficient (Wildman–Crippen LogP) is 1.33. The Morgan fingerprint density at radius 2 is 2.00 bits per heavy atom. The van der Waals surface area contributed by atoms with Crippen molar-refractivity contribution in [1.82, 2.24) is 0 Å². The van der Waals surface area contributed by atoms with E-state index in [4.69, 9.17) is 4.74 Å². The van der Waals surface area contributed by atoms with Crippen LogP contribution in [-0.2, 0) is 24.2 Å². The van der Waals surface area contributed by atoms with Gasteiger partial charge in [0.05, 0.1) is 17.5 Å². The minimum Gasteiger partial charge on any atom is -0.452 e. The molecular weight excluding hydrogens is 318 g/mol. The molecule has 0 aromatic heterocycles. The van der Waals surface area contributed by atoms with Crippen molar-refractivity contribution in [3.8, 4) is 0 Å². The third kappa shape index (κ3) is 4.66. The molecule has 6 nitrogen and oxygen atoms in total. The summed E-state index contributed by atoms with van der Waals surface area (Å²) in [4.78, 5) is 25.3. The Labute approximate surface area is 135 Å². The van der Waals surface area contributed by atoms with Crippen LogP contribution in [0, 0.1) is 0 Å². The molecule has 0 bridgehead atoms. The standard InChI is InChI=1S/C16H19NO5S/c1-2-6-16(19)22-11-15(18)17(13-7-4-3-5-8-13)14-9-10-23(20,21)12-14/h2-8,14H,9-12H2,1H3/b6-2+/t14-/m0/s1. The SMILES string of the molecule is C/C=C/C(=O)OCC(=O)N(c1ccccc1)[C@H]1CCS(=O)(=O)C1. The van der Waals surface area contributed by atoms with E-state index in [1.807, 2.05) is 6.07 Å². The van der Waals surface area contributed by atoms with Gasteiger partial charge in [0.1, 0.15) is 0 Å². The molecule has 2 rings (SSSR count). The first kappa shape index (κ1) is 17.2. The third-order valence-corrected chi connectivity index (χ3v) is 5.27. The van der Waals surface area contributed by atoms with Gasteiger partial charge in [0.25, 0.3) is 5.91 Å². The van der Waals surface area contributed by atoms with Crippen LogP contribution >= 0.6 is 0 Å². The molecule has 1 heterocycles. The fourth-order valence-electron chi connectivity index (χ4n) is 2.51. The molecule has 7 heteroatoms. The van der Waals surface area contributed by atoms with Crippen molar-refractivity contribution < 1.29 is 22.7 Å². The average Bonchev–Trinajstić information content (AvgIpc) is 2.86. The van der Waals surface area contributed by atoms with E-state index in [0.29, 0.717) is 12.1 Å². The third-order valence-electron chi connectivity index (χ3n) is 3.52. The van der Waals surface area contributed by atoms with Gasteiger partial charge in [-0.05, 0) is 25.5 Å². The molecule has 1 saturated heterocycles. The molecular formula is C16H19NO5S. The molecule has 0 saturated carbocycles. The maximum Gasteiger partial charge on any atom is 0.330 e. The van der Waals surface area contributed by atoms with E-state index in [1.165, 1.54) is 17.1 Å². The number of amides is 1. The second kappa shape index (κ2) is 7.41. The van der Waals surface area contributed by atoms with Crippen molar-refractivity contribution in [3.63, 3.8) is 0 Å². The summed E-state index contributed by atoms with van der Waals surface area (Å²) in [6.45, 7) is 1.25. The summed E-state index contributed by atoms with van der Waals surface area (Å²) < 4.78 is 28.3. The summed E-state index contributed by atoms with van der Waals surface area (Å²) in [6.07, 6.45) is 3.12. The van der Waals surface area contributed by atoms with Crippen molar-refractivity contribution in [2.24, 2.45) is 0 Å². The van der Waals surface area contributed by atoms with E-state index >= 15 is 0 Å². The molecule has 0 spiro atoms. The van der Waals surface area contributed by atoms with E-state index in [-0.39, 0.29) is 11.5 Å². The lowest BCUT2D eigenvalue weighted by atomic mass is 10.2. The predicted molar refractivity (Wildman–Crippen MR) is 86.8 cm³/mol. The molecule has 1 fully saturated rings. The van der Waals surface area contributed by atoms with Gasteiger partial charge in [-0.1, -0.05) is 24.3 Å². The first-order chi connectivity index (χ1) is 10.9. The molecule has 1 aromatic rings. The molecule has 0 unspecified atom stereocenters. The number of anilines is 1. The summed E-state index contributed by atoms with van der Waals surface area (Å²) in [5, 5.41) is 0. The zero-order chi connectivity index (χ0) is 16.9. The minimum absolute atomic E-state index is 0.0621. The Balaban J connectivity index is 2.17. The van der Waals surface area contributed by atoms with Crippen LogP contribution < -0.4 is 4.90 Å². The highest BCUT2D eigenvalue weighted by Crippen LogP contribution is 2.24. The van der Waals surface area contributed by atoms with Crippen LogP contribution in [0.15, 0.2) is 42.5 Å². The number of hydrogen-bond acceptors (Lipinski definition) is 5. The summed E-state index contributed by atoms with van der Waals surface area (Å²) >= 11 is 0. The van der Waals surface area contributed by atoms with Crippen molar-refractivity contribution >= 4 is 27.4 Å². The Hall–Kier alpha value is -2.15. The van der Waals surface area contributed by atoms with E-state index in [1.54, 1.807) is 31.2 Å². The van der Waals surface area contributed by atoms with E-state index in [0.717, 1.165) is 0 Å². The van der Waals surface area contributed by atoms with Gasteiger partial charge in [-0.15, -0.1) is 0 Å². The summed E-state index contributed by atoms with van der Waals surface area (Å²) in [5.74, 6) is -1.05. The number of para-hydroxylation sites is 1. The number of hydrogen-bond donors (Lipinski definition) is 0. The van der Waals surface area contributed by atoms with Crippen molar-refractivity contribution in [2.45, 2.75) is 19.4 Å². The summed E-state index contributed by atoms with van der Waals surface area (Å²) in [6, 6.07) is 8.38. The van der Waals surface area contributed by atoms with E-state index in [2.05, 4.69) is 0 Å². The topological polar surface area (TPSA) is 80.8 Å². The van der Waals surface area contributed by atoms with Crippen LogP contribution in [0.4, 0.5) is 5.69 Å². The molecule has 1 atom stereocenters. The highest BCUT2D eigenvalue weighted by Gasteiger charge is 2.35. The fraction of sp³-hybridized carbons (Fsp3) is 0.375. The summed E-state index contributed by atoms with van der Waals surface area (Å²) in [5.41, 5.74) is 0.599. The summed E-state index contributed by atoms with van der Waals surface area (Å²) in [7, 11) is -3.13. The van der Waals surface area contributed by atoms with Crippen LogP contribution in [-0.4, -0.2) is 44.4 Å². The van der Waals surface area contributed by atoms with Crippen LogP contribution in [0.25, 0.3) is 0 Å². The Morgan fingerprint density at radius 1 is 1.30 bits per heavy atom. The zero-order valence-corrected chi connectivity index (χ0v) is 13.7. The maximum absolute atomic E-state index is 12.5. The molecule has 1 aromatic carbocycles. The number of carbonyl (C=O) groups is 2. The molecule has 1 aliphatic heterocycles. The van der Waals surface area contributed by atoms with E-state index in [9.17, 15) is 18.0 Å². The molecule has 124 valence electrons. The lowest BCUT2D eigenvalue weighted by Crippen LogP contribution is -2.43. The van der Waals surface area contributed by atoms with Crippen molar-refractivity contribution in [1.29, 1.82) is 0 Å². The van der Waals surface area contributed by atoms with Gasteiger partial charge in [-0.2, -0.15) is 0 Å². The van der Waals surface area contributed by atoms with Gasteiger partial charge in [0, 0.05) is 11.8 Å². The second-order valence-electron chi connectivity index (χ2n) is 5.26. The van der Waals surface area contributed by atoms with Crippen molar-refractivity contribution in [3.05, 3.63) is 42.5 Å². The lowest BCUT2D eigenvalue weighted by molar-refractivity contribution is -0.143. The Morgan fingerprint density at radius 3 is 2.57 bits per heavy atom. The van der Waals surface area contributed by atoms with Gasteiger partial charge in [0.2, 0.25) is 0 Å². The molecule has 23 heavy (non-hydrogen) atoms. The van der Waals surface area contributed by atoms with Gasteiger partial charge in [0.15, 0.2) is 16.4 Å². The van der Waals surface area contributed by atoms with Crippen LogP contribution in [0.3, 0.4) is 0 Å². The number of allylic oxidation sites excluding steroid dienone is 1. The zero-order valence-electron chi connectivity index (χ0n) is 12.8. The first-order valence-corrected chi connectivity index (χ1v) is 9.12. The van der Waals surface area contributed by atoms with Crippen LogP contribution in [0.1, 0.15) is 13.3 Å². The minimum atomic E-state index is -3.13. The number of carbonyl (C=O) groups excluding carboxylic acids is 2. The van der Waals surface area contributed by atoms with Gasteiger partial charge >= 0.3 is 5.97 Å². The van der Waals surface area contributed by atoms with Gasteiger partial charge in [-0.25, -0.2) is 13.2 Å². The lowest BCUT2D eigenvalue weighted by Gasteiger charge is -2.28. The number of esters is 1. The van der Waals surface area contributed by atoms with E-state index < -0.39 is 34.4 Å². The highest BCUT2D eigenvalue weighted by atomic mass is 32.2. The van der Waals surface area contributed by atoms with Crippen LogP contribution in [0.2, 0.25) is 0 Å². The number of sulfone groups is 1. The quantitative estimate of drug-likeness (QED) is 0.598. The molecule has 0 N–H and O–H groups in total. The van der Waals surface area contributed by atoms with Gasteiger partial charge < -0.3 is 9.64 Å². The Bertz CT molecular complexity index is 696. The smallest absolute Gasteiger partial charge is 0.330 e. The normalized spacial score (nSPS) is 19.6. The number of benzene rings is 1. The molecule has 1 amide bonds. The Kier molecular flexibility index (Phi) is 5.54. The fourth-order valence-corrected chi connectivity index (χ4v) is 4.21. The monoisotopic (exact) mass is 337 g/mol. The molecule has 1 aliphatic rings. The van der Waals surface area contributed by atoms with Crippen molar-refractivity contribution in [2.75, 3.05) is 23.0 Å². The largest absolute Gasteiger partial charge is 0.452 e. The van der Waals surface area contributed by atoms with Crippen LogP contribution in [0.5, 0.6) is 0 Å². The molecule has 0 aliphatic carbocycles. The average molecular weight is 337 g/mol. The maximum atomic E-state index is 12.5. The van der Waals surface area contributed by atoms with Gasteiger partial charge in [-0.3, -0.25) is 4.79 Å². The second-order valence-corrected chi connectivity index (χ2v) is 7.49. The highest BCUT2D eigenvalue weighted by molar-refractivity contribution is 7.91. The number of ether oxygens (including phenoxy) is 1. The first-order valence-electron chi connectivity index (χ1n) is 7.30. The molecule has 0 radical (unpaired) electrons. The number of nitrogens with zero attached hydrogens (tertiary/aromatic N) is 1. The number of rotatable bonds is 5.